The Hall–Kier alpha value is 1.83. The summed E-state index contributed by atoms with van der Waals surface area (Å²) in [5.74, 6) is 0. The van der Waals surface area contributed by atoms with Crippen LogP contribution in [0.1, 0.15) is 261 Å². The van der Waals surface area contributed by atoms with Crippen molar-refractivity contribution < 1.29 is 14.1 Å². The van der Waals surface area contributed by atoms with Gasteiger partial charge in [-0.05, 0) is 0 Å². The van der Waals surface area contributed by atoms with Gasteiger partial charge in [-0.2, -0.15) is 0 Å². The summed E-state index contributed by atoms with van der Waals surface area (Å²) in [5.41, 5.74) is 0. The first-order valence-corrected chi connectivity index (χ1v) is 49.3. The predicted octanol–water partition coefficient (Wildman–Crippen LogP) is 24.4. The summed E-state index contributed by atoms with van der Waals surface area (Å²) in [6.07, 6.45) is 26.4. The number of hydrogen-bond donors (Lipinski definition) is 0. The summed E-state index contributed by atoms with van der Waals surface area (Å²) in [4.78, 5) is 0. The molecule has 0 saturated heterocycles. The van der Waals surface area contributed by atoms with Gasteiger partial charge < -0.3 is 0 Å². The van der Waals surface area contributed by atoms with Crippen molar-refractivity contribution in [1.29, 1.82) is 0 Å². The van der Waals surface area contributed by atoms with Crippen LogP contribution in [-0.2, 0) is 14.1 Å². The summed E-state index contributed by atoms with van der Waals surface area (Å²) in [5, 5.41) is 0. The van der Waals surface area contributed by atoms with Crippen molar-refractivity contribution in [3.63, 3.8) is 0 Å². The van der Waals surface area contributed by atoms with Gasteiger partial charge in [0.25, 0.3) is 0 Å². The van der Waals surface area contributed by atoms with Crippen molar-refractivity contribution in [1.82, 2.24) is 0 Å². The number of rotatable bonds is 45. The Kier molecular flexibility index (Phi) is 34.6. The molecule has 0 unspecified atom stereocenters. The first-order chi connectivity index (χ1) is 32.0. The molecule has 405 valence electrons. The minimum absolute atomic E-state index is 0.662. The van der Waals surface area contributed by atoms with E-state index in [1.54, 1.807) is 109 Å². The standard InChI is InChI=1S/3C20H45Si2.Cr/c3*1-8-14-21(15-9-2,16-10-3)20(7)22(17-11-4,18-12-5)19-13-6;/h3*8-19H2,1-7H3;. The Labute approximate surface area is 439 Å². The molecule has 0 atom stereocenters. The summed E-state index contributed by atoms with van der Waals surface area (Å²) in [6.45, 7) is 59.6. The first kappa shape index (κ1) is 68.8. The topological polar surface area (TPSA) is 0 Å². The molecule has 0 rings (SSSR count). The van der Waals surface area contributed by atoms with E-state index in [-0.39, 0.29) is 0 Å². The van der Waals surface area contributed by atoms with Crippen LogP contribution in [0.4, 0.5) is 0 Å². The molecule has 0 fully saturated rings. The van der Waals surface area contributed by atoms with E-state index in [9.17, 15) is 0 Å². The van der Waals surface area contributed by atoms with Crippen LogP contribution >= 0.6 is 0 Å². The molecule has 0 heterocycles. The van der Waals surface area contributed by atoms with E-state index >= 15 is 0 Å². The second kappa shape index (κ2) is 33.7. The van der Waals surface area contributed by atoms with Crippen LogP contribution in [0.2, 0.25) is 119 Å². The van der Waals surface area contributed by atoms with E-state index in [1.807, 2.05) is 0 Å². The SMILES string of the molecule is CCC[Si](CCC)(CCC)[C](C)([Cr]([C](C)([Si](CCC)(CCC)CCC)[Si](CCC)(CCC)CCC)[C](C)([Si](CCC)(CCC)CCC)[Si](CCC)(CCC)CCC)[Si](CCC)(CCC)CCC. The Morgan fingerprint density at radius 3 is 0.313 bits per heavy atom. The second-order valence-corrected chi connectivity index (χ2v) is 64.8. The van der Waals surface area contributed by atoms with E-state index in [2.05, 4.69) is 145 Å². The van der Waals surface area contributed by atoms with E-state index in [1.165, 1.54) is 116 Å². The van der Waals surface area contributed by atoms with Crippen LogP contribution in [0.5, 0.6) is 0 Å². The molecular weight excluding hydrogens is 941 g/mol. The summed E-state index contributed by atoms with van der Waals surface area (Å²) in [6, 6.07) is 30.1. The van der Waals surface area contributed by atoms with Crippen LogP contribution in [-0.4, -0.2) is 48.4 Å². The fraction of sp³-hybridized carbons (Fsp3) is 1.00. The molecule has 0 bridgehead atoms. The third-order valence-electron chi connectivity index (χ3n) is 20.4. The maximum absolute atomic E-state index is 3.51. The molecule has 0 aromatic carbocycles. The van der Waals surface area contributed by atoms with Crippen molar-refractivity contribution in [2.24, 2.45) is 0 Å². The Morgan fingerprint density at radius 1 is 0.179 bits per heavy atom. The maximum atomic E-state index is 3.51. The molecule has 0 aliphatic heterocycles. The zero-order valence-electron chi connectivity index (χ0n) is 51.4. The van der Waals surface area contributed by atoms with Gasteiger partial charge in [-0.25, -0.2) is 0 Å². The zero-order valence-corrected chi connectivity index (χ0v) is 58.6. The van der Waals surface area contributed by atoms with E-state index in [4.69, 9.17) is 0 Å². The average Bonchev–Trinajstić information content (AvgIpc) is 3.27. The summed E-state index contributed by atoms with van der Waals surface area (Å²) >= 11 is -1.59. The molecular formula is C60H135CrSi6. The van der Waals surface area contributed by atoms with Crippen LogP contribution in [0.3, 0.4) is 0 Å². The molecule has 0 amide bonds. The Bertz CT molecular complexity index is 907. The summed E-state index contributed by atoms with van der Waals surface area (Å²) < 4.78 is 1.99. The van der Waals surface area contributed by atoms with Crippen molar-refractivity contribution in [2.45, 2.75) is 380 Å². The average molecular weight is 1080 g/mol. The van der Waals surface area contributed by atoms with E-state index < -0.39 is 62.6 Å². The summed E-state index contributed by atoms with van der Waals surface area (Å²) in [7, 11) is -11.8. The van der Waals surface area contributed by atoms with Crippen molar-refractivity contribution in [3.05, 3.63) is 0 Å². The van der Waals surface area contributed by atoms with Crippen LogP contribution in [0, 0.1) is 0 Å². The van der Waals surface area contributed by atoms with Gasteiger partial charge in [-0.1, -0.05) is 0 Å². The zero-order chi connectivity index (χ0) is 51.5. The van der Waals surface area contributed by atoms with Gasteiger partial charge in [0.15, 0.2) is 0 Å². The van der Waals surface area contributed by atoms with Gasteiger partial charge in [-0.15, -0.1) is 0 Å². The Morgan fingerprint density at radius 2 is 0.254 bits per heavy atom. The predicted molar refractivity (Wildman–Crippen MR) is 331 cm³/mol. The molecule has 0 aliphatic carbocycles. The van der Waals surface area contributed by atoms with Crippen molar-refractivity contribution in [2.75, 3.05) is 0 Å². The number of hydrogen-bond acceptors (Lipinski definition) is 0. The third-order valence-corrected chi connectivity index (χ3v) is 89.4. The van der Waals surface area contributed by atoms with Gasteiger partial charge in [0.05, 0.1) is 0 Å². The first-order valence-electron chi connectivity index (χ1n) is 31.7. The van der Waals surface area contributed by atoms with E-state index in [0.29, 0.717) is 10.6 Å². The van der Waals surface area contributed by atoms with Gasteiger partial charge in [0.1, 0.15) is 0 Å². The van der Waals surface area contributed by atoms with Crippen LogP contribution in [0.25, 0.3) is 0 Å². The molecule has 0 aromatic rings. The third kappa shape index (κ3) is 13.8. The van der Waals surface area contributed by atoms with Gasteiger partial charge in [0.2, 0.25) is 0 Å². The quantitative estimate of drug-likeness (QED) is 0.0533. The van der Waals surface area contributed by atoms with Gasteiger partial charge >= 0.3 is 443 Å². The van der Waals surface area contributed by atoms with E-state index in [0.717, 1.165) is 0 Å². The molecule has 67 heavy (non-hydrogen) atoms. The van der Waals surface area contributed by atoms with Crippen molar-refractivity contribution in [3.8, 4) is 0 Å². The van der Waals surface area contributed by atoms with Crippen molar-refractivity contribution >= 4 is 48.4 Å². The van der Waals surface area contributed by atoms with Crippen LogP contribution < -0.4 is 0 Å². The molecule has 0 aliphatic rings. The molecule has 0 aromatic heterocycles. The normalized spacial score (nSPS) is 14.2. The van der Waals surface area contributed by atoms with Gasteiger partial charge in [-0.3, -0.25) is 0 Å². The second-order valence-electron chi connectivity index (χ2n) is 24.6. The monoisotopic (exact) mass is 1080 g/mol. The van der Waals surface area contributed by atoms with Crippen LogP contribution in [0.15, 0.2) is 0 Å². The van der Waals surface area contributed by atoms with Gasteiger partial charge in [0, 0.05) is 0 Å². The molecule has 0 spiro atoms. The molecule has 0 N–H and O–H groups in total. The fourth-order valence-electron chi connectivity index (χ4n) is 19.4. The molecule has 0 saturated carbocycles. The minimum atomic E-state index is -1.96. The molecule has 7 heteroatoms. The Balaban J connectivity index is 12.0. The fourth-order valence-corrected chi connectivity index (χ4v) is 112. The molecule has 0 radical (unpaired) electrons. The molecule has 0 nitrogen and oxygen atoms in total.